The number of anilines is 3. The molecule has 7 heteroatoms. The fourth-order valence-corrected chi connectivity index (χ4v) is 3.66. The van der Waals surface area contributed by atoms with Crippen molar-refractivity contribution in [1.29, 1.82) is 0 Å². The van der Waals surface area contributed by atoms with Crippen LogP contribution in [0.15, 0.2) is 42.5 Å². The van der Waals surface area contributed by atoms with Crippen LogP contribution in [0.5, 0.6) is 5.75 Å². The molecule has 0 spiro atoms. The molecule has 4 rings (SSSR count). The molecule has 0 radical (unpaired) electrons. The van der Waals surface area contributed by atoms with Gasteiger partial charge in [0.1, 0.15) is 6.04 Å². The molecular formula is C19H18ClN3O3. The number of halogens is 1. The smallest absolute Gasteiger partial charge is 0.262 e. The molecule has 0 aromatic heterocycles. The van der Waals surface area contributed by atoms with E-state index in [2.05, 4.69) is 15.5 Å². The van der Waals surface area contributed by atoms with Gasteiger partial charge in [0.2, 0.25) is 5.91 Å². The van der Waals surface area contributed by atoms with E-state index in [0.717, 1.165) is 25.1 Å². The maximum absolute atomic E-state index is 12.9. The zero-order valence-corrected chi connectivity index (χ0v) is 14.8. The van der Waals surface area contributed by atoms with E-state index in [1.165, 1.54) is 0 Å². The fraction of sp³-hybridized carbons (Fsp3) is 0.263. The van der Waals surface area contributed by atoms with Crippen molar-refractivity contribution in [2.75, 3.05) is 28.7 Å². The van der Waals surface area contributed by atoms with Crippen molar-refractivity contribution >= 4 is 40.5 Å². The lowest BCUT2D eigenvalue weighted by molar-refractivity contribution is -0.118. The van der Waals surface area contributed by atoms with Crippen molar-refractivity contribution in [1.82, 2.24) is 0 Å². The van der Waals surface area contributed by atoms with Gasteiger partial charge in [-0.05, 0) is 37.1 Å². The highest BCUT2D eigenvalue weighted by Gasteiger charge is 2.32. The molecule has 0 saturated carbocycles. The second-order valence-electron chi connectivity index (χ2n) is 6.34. The standard InChI is InChI=1S/C19H18ClN3O3/c20-12-9-14-18(26-11-17(24)21-14)15(10-12)22-19(25)16-7-4-8-23(16)13-5-2-1-3-6-13/h1-3,5-6,9-10,16H,4,7-8,11H2,(H,21,24)(H,22,25). The first-order valence-electron chi connectivity index (χ1n) is 8.50. The first kappa shape index (κ1) is 16.7. The summed E-state index contributed by atoms with van der Waals surface area (Å²) in [5.41, 5.74) is 1.97. The van der Waals surface area contributed by atoms with Gasteiger partial charge in [0.15, 0.2) is 12.4 Å². The molecule has 6 nitrogen and oxygen atoms in total. The Morgan fingerprint density at radius 2 is 2.08 bits per heavy atom. The molecule has 2 heterocycles. The minimum atomic E-state index is -0.259. The van der Waals surface area contributed by atoms with Gasteiger partial charge in [0.05, 0.1) is 11.4 Å². The molecule has 2 amide bonds. The predicted molar refractivity (Wildman–Crippen MR) is 101 cm³/mol. The van der Waals surface area contributed by atoms with Crippen molar-refractivity contribution in [2.24, 2.45) is 0 Å². The van der Waals surface area contributed by atoms with Crippen LogP contribution in [0.3, 0.4) is 0 Å². The van der Waals surface area contributed by atoms with Crippen molar-refractivity contribution in [3.8, 4) is 5.75 Å². The molecule has 1 saturated heterocycles. The minimum absolute atomic E-state index is 0.0862. The average Bonchev–Trinajstić information content (AvgIpc) is 3.12. The number of nitrogens with zero attached hydrogens (tertiary/aromatic N) is 1. The fourth-order valence-electron chi connectivity index (χ4n) is 3.44. The normalized spacial score (nSPS) is 18.7. The van der Waals surface area contributed by atoms with E-state index >= 15 is 0 Å². The molecule has 2 N–H and O–H groups in total. The van der Waals surface area contributed by atoms with E-state index in [1.54, 1.807) is 12.1 Å². The molecule has 2 aromatic carbocycles. The van der Waals surface area contributed by atoms with Crippen LogP contribution in [-0.2, 0) is 9.59 Å². The summed E-state index contributed by atoms with van der Waals surface area (Å²) in [6.07, 6.45) is 1.73. The number of amides is 2. The Hall–Kier alpha value is -2.73. The van der Waals surface area contributed by atoms with E-state index < -0.39 is 0 Å². The number of hydrogen-bond acceptors (Lipinski definition) is 4. The second kappa shape index (κ2) is 6.88. The maximum atomic E-state index is 12.9. The van der Waals surface area contributed by atoms with Gasteiger partial charge >= 0.3 is 0 Å². The topological polar surface area (TPSA) is 70.7 Å². The summed E-state index contributed by atoms with van der Waals surface area (Å²) >= 11 is 6.13. The molecule has 26 heavy (non-hydrogen) atoms. The van der Waals surface area contributed by atoms with E-state index in [1.807, 2.05) is 30.3 Å². The summed E-state index contributed by atoms with van der Waals surface area (Å²) < 4.78 is 5.50. The summed E-state index contributed by atoms with van der Waals surface area (Å²) in [5.74, 6) is 0.0750. The van der Waals surface area contributed by atoms with Gasteiger partial charge in [-0.2, -0.15) is 0 Å². The van der Waals surface area contributed by atoms with Crippen molar-refractivity contribution in [3.63, 3.8) is 0 Å². The van der Waals surface area contributed by atoms with Gasteiger partial charge in [-0.3, -0.25) is 9.59 Å². The van der Waals surface area contributed by atoms with Crippen LogP contribution in [0, 0.1) is 0 Å². The molecule has 0 aliphatic carbocycles. The molecular weight excluding hydrogens is 354 g/mol. The highest BCUT2D eigenvalue weighted by atomic mass is 35.5. The Labute approximate surface area is 156 Å². The van der Waals surface area contributed by atoms with Crippen LogP contribution < -0.4 is 20.3 Å². The number of carbonyl (C=O) groups excluding carboxylic acids is 2. The molecule has 2 aliphatic rings. The third-order valence-electron chi connectivity index (χ3n) is 4.58. The van der Waals surface area contributed by atoms with Gasteiger partial charge in [0, 0.05) is 17.3 Å². The number of fused-ring (bicyclic) bond motifs is 1. The number of para-hydroxylation sites is 1. The van der Waals surface area contributed by atoms with E-state index in [9.17, 15) is 9.59 Å². The van der Waals surface area contributed by atoms with Gasteiger partial charge in [-0.1, -0.05) is 29.8 Å². The lowest BCUT2D eigenvalue weighted by Gasteiger charge is -2.27. The Morgan fingerprint density at radius 3 is 2.88 bits per heavy atom. The monoisotopic (exact) mass is 371 g/mol. The Bertz CT molecular complexity index is 857. The van der Waals surface area contributed by atoms with Crippen molar-refractivity contribution in [3.05, 3.63) is 47.5 Å². The number of nitrogens with one attached hydrogen (secondary N) is 2. The van der Waals surface area contributed by atoms with E-state index in [0.29, 0.717) is 22.1 Å². The Morgan fingerprint density at radius 1 is 1.27 bits per heavy atom. The Kier molecular flexibility index (Phi) is 4.42. The largest absolute Gasteiger partial charge is 0.479 e. The molecule has 1 fully saturated rings. The molecule has 1 atom stereocenters. The number of benzene rings is 2. The zero-order valence-electron chi connectivity index (χ0n) is 14.0. The number of hydrogen-bond donors (Lipinski definition) is 2. The van der Waals surface area contributed by atoms with Crippen LogP contribution in [0.2, 0.25) is 5.02 Å². The van der Waals surface area contributed by atoms with Crippen LogP contribution in [0.1, 0.15) is 12.8 Å². The lowest BCUT2D eigenvalue weighted by atomic mass is 10.1. The van der Waals surface area contributed by atoms with Gasteiger partial charge in [-0.15, -0.1) is 0 Å². The predicted octanol–water partition coefficient (Wildman–Crippen LogP) is 3.28. The van der Waals surface area contributed by atoms with E-state index in [4.69, 9.17) is 16.3 Å². The molecule has 2 aliphatic heterocycles. The van der Waals surface area contributed by atoms with Gasteiger partial charge < -0.3 is 20.3 Å². The first-order valence-corrected chi connectivity index (χ1v) is 8.88. The second-order valence-corrected chi connectivity index (χ2v) is 6.78. The zero-order chi connectivity index (χ0) is 18.1. The third-order valence-corrected chi connectivity index (χ3v) is 4.79. The van der Waals surface area contributed by atoms with Gasteiger partial charge in [0.25, 0.3) is 5.91 Å². The van der Waals surface area contributed by atoms with Crippen molar-refractivity contribution in [2.45, 2.75) is 18.9 Å². The summed E-state index contributed by atoms with van der Waals surface area (Å²) in [6.45, 7) is 0.749. The summed E-state index contributed by atoms with van der Waals surface area (Å²) in [7, 11) is 0. The molecule has 1 unspecified atom stereocenters. The summed E-state index contributed by atoms with van der Waals surface area (Å²) in [5, 5.41) is 6.05. The molecule has 0 bridgehead atoms. The quantitative estimate of drug-likeness (QED) is 0.868. The maximum Gasteiger partial charge on any atom is 0.262 e. The third kappa shape index (κ3) is 3.20. The van der Waals surface area contributed by atoms with Crippen LogP contribution in [0.4, 0.5) is 17.1 Å². The van der Waals surface area contributed by atoms with Crippen molar-refractivity contribution < 1.29 is 14.3 Å². The highest BCUT2D eigenvalue weighted by Crippen LogP contribution is 2.39. The summed E-state index contributed by atoms with van der Waals surface area (Å²) in [6, 6.07) is 12.9. The Balaban J connectivity index is 1.58. The van der Waals surface area contributed by atoms with E-state index in [-0.39, 0.29) is 24.5 Å². The number of rotatable bonds is 3. The minimum Gasteiger partial charge on any atom is -0.479 e. The van der Waals surface area contributed by atoms with Crippen LogP contribution in [-0.4, -0.2) is 31.0 Å². The molecule has 134 valence electrons. The molecule has 2 aromatic rings. The van der Waals surface area contributed by atoms with Crippen LogP contribution in [0.25, 0.3) is 0 Å². The highest BCUT2D eigenvalue weighted by molar-refractivity contribution is 6.31. The average molecular weight is 372 g/mol. The lowest BCUT2D eigenvalue weighted by Crippen LogP contribution is -2.40. The van der Waals surface area contributed by atoms with Gasteiger partial charge in [-0.25, -0.2) is 0 Å². The first-order chi connectivity index (χ1) is 12.6. The SMILES string of the molecule is O=C1COc2c(cc(Cl)cc2NC(=O)C2CCCN2c2ccccc2)N1. The number of carbonyl (C=O) groups is 2. The number of ether oxygens (including phenoxy) is 1. The van der Waals surface area contributed by atoms with Crippen LogP contribution >= 0.6 is 11.6 Å². The summed E-state index contributed by atoms with van der Waals surface area (Å²) in [4.78, 5) is 26.5.